The summed E-state index contributed by atoms with van der Waals surface area (Å²) in [5.41, 5.74) is 0.879. The number of hydrogen-bond acceptors (Lipinski definition) is 8. The quantitative estimate of drug-likeness (QED) is 0.522. The molecular formula is C22H25N5O2S. The van der Waals surface area contributed by atoms with Crippen molar-refractivity contribution in [2.24, 2.45) is 5.92 Å². The van der Waals surface area contributed by atoms with Crippen LogP contribution in [0.15, 0.2) is 48.7 Å². The number of benzene rings is 1. The molecule has 1 aliphatic rings. The van der Waals surface area contributed by atoms with E-state index >= 15 is 0 Å². The summed E-state index contributed by atoms with van der Waals surface area (Å²) in [7, 11) is 0. The third-order valence-electron chi connectivity index (χ3n) is 5.19. The molecule has 0 amide bonds. The molecule has 0 saturated carbocycles. The normalized spacial score (nSPS) is 17.2. The highest BCUT2D eigenvalue weighted by molar-refractivity contribution is 7.11. The molecule has 7 nitrogen and oxygen atoms in total. The fraction of sp³-hybridized carbons (Fsp3) is 0.409. The van der Waals surface area contributed by atoms with Gasteiger partial charge in [0.25, 0.3) is 0 Å². The minimum Gasteiger partial charge on any atom is -0.366 e. The Bertz CT molecular complexity index is 950. The van der Waals surface area contributed by atoms with Crippen LogP contribution in [-0.2, 0) is 22.4 Å². The number of nitrogens with zero attached hydrogens (tertiary/aromatic N) is 5. The zero-order valence-electron chi connectivity index (χ0n) is 17.0. The Kier molecular flexibility index (Phi) is 6.76. The summed E-state index contributed by atoms with van der Waals surface area (Å²) in [6.07, 6.45) is 3.34. The molecule has 3 aromatic rings. The van der Waals surface area contributed by atoms with Gasteiger partial charge in [-0.3, -0.25) is 4.79 Å². The first kappa shape index (κ1) is 20.6. The summed E-state index contributed by atoms with van der Waals surface area (Å²) in [5.74, 6) is 1.44. The maximum atomic E-state index is 12.9. The molecule has 0 N–H and O–H groups in total. The van der Waals surface area contributed by atoms with E-state index in [-0.39, 0.29) is 12.2 Å². The van der Waals surface area contributed by atoms with E-state index in [4.69, 9.17) is 4.74 Å². The van der Waals surface area contributed by atoms with E-state index in [0.29, 0.717) is 12.5 Å². The summed E-state index contributed by atoms with van der Waals surface area (Å²) < 4.78 is 5.72. The third kappa shape index (κ3) is 5.06. The minimum absolute atomic E-state index is 0.0143. The van der Waals surface area contributed by atoms with Crippen LogP contribution in [-0.4, -0.2) is 45.9 Å². The first-order valence-electron chi connectivity index (χ1n) is 10.3. The highest BCUT2D eigenvalue weighted by Gasteiger charge is 2.26. The maximum absolute atomic E-state index is 12.9. The molecule has 8 heteroatoms. The molecule has 1 fully saturated rings. The molecular weight excluding hydrogens is 398 g/mol. The van der Waals surface area contributed by atoms with E-state index in [2.05, 4.69) is 25.3 Å². The number of carbonyl (C=O) groups excluding carboxylic acids is 1. The number of ketones is 1. The van der Waals surface area contributed by atoms with Gasteiger partial charge in [0.2, 0.25) is 0 Å². The monoisotopic (exact) mass is 423 g/mol. The van der Waals surface area contributed by atoms with Gasteiger partial charge in [-0.2, -0.15) is 5.10 Å². The van der Waals surface area contributed by atoms with Crippen LogP contribution in [0.1, 0.15) is 35.0 Å². The predicted molar refractivity (Wildman–Crippen MR) is 115 cm³/mol. The molecule has 2 aromatic heterocycles. The molecule has 0 spiro atoms. The molecule has 2 atom stereocenters. The molecule has 30 heavy (non-hydrogen) atoms. The Labute approximate surface area is 180 Å². The topological polar surface area (TPSA) is 81.1 Å². The van der Waals surface area contributed by atoms with E-state index < -0.39 is 6.10 Å². The second-order valence-corrected chi connectivity index (χ2v) is 8.51. The van der Waals surface area contributed by atoms with Gasteiger partial charge >= 0.3 is 0 Å². The van der Waals surface area contributed by atoms with Gasteiger partial charge in [-0.1, -0.05) is 30.3 Å². The van der Waals surface area contributed by atoms with E-state index in [9.17, 15) is 4.79 Å². The predicted octanol–water partition coefficient (Wildman–Crippen LogP) is 3.29. The number of aromatic nitrogens is 4. The largest absolute Gasteiger partial charge is 0.366 e. The Morgan fingerprint density at radius 1 is 1.17 bits per heavy atom. The first-order chi connectivity index (χ1) is 14.7. The standard InChI is InChI=1S/C22H25N5O2S/c1-2-29-22(17-7-4-3-5-8-17)18(28)14-21-26-25-20(30-21)13-16-10-12-27(15-16)19-9-6-11-23-24-19/h3-9,11,16,22H,2,10,12-15H2,1H3/t16-,22-/m0/s1. The number of hydrogen-bond donors (Lipinski definition) is 0. The van der Waals surface area contributed by atoms with Crippen molar-refractivity contribution in [3.63, 3.8) is 0 Å². The van der Waals surface area contributed by atoms with Crippen LogP contribution in [0.2, 0.25) is 0 Å². The lowest BCUT2D eigenvalue weighted by Crippen LogP contribution is -2.21. The van der Waals surface area contributed by atoms with Crippen molar-refractivity contribution in [1.29, 1.82) is 0 Å². The molecule has 0 radical (unpaired) electrons. The van der Waals surface area contributed by atoms with E-state index in [1.54, 1.807) is 6.20 Å². The molecule has 3 heterocycles. The van der Waals surface area contributed by atoms with E-state index in [1.807, 2.05) is 49.4 Å². The lowest BCUT2D eigenvalue weighted by molar-refractivity contribution is -0.130. The highest BCUT2D eigenvalue weighted by atomic mass is 32.1. The average Bonchev–Trinajstić information content (AvgIpc) is 3.43. The van der Waals surface area contributed by atoms with Crippen molar-refractivity contribution in [3.05, 3.63) is 64.2 Å². The highest BCUT2D eigenvalue weighted by Crippen LogP contribution is 2.26. The molecule has 1 saturated heterocycles. The SMILES string of the molecule is CCO[C@H](C(=O)Cc1nnc(C[C@@H]2CCN(c3cccnn3)C2)s1)c1ccccc1. The second-order valence-electron chi connectivity index (χ2n) is 7.37. The van der Waals surface area contributed by atoms with E-state index in [1.165, 1.54) is 11.3 Å². The van der Waals surface area contributed by atoms with Gasteiger partial charge in [0.1, 0.15) is 16.1 Å². The van der Waals surface area contributed by atoms with Crippen LogP contribution < -0.4 is 4.90 Å². The fourth-order valence-electron chi connectivity index (χ4n) is 3.77. The van der Waals surface area contributed by atoms with Crippen LogP contribution in [0.5, 0.6) is 0 Å². The molecule has 156 valence electrons. The minimum atomic E-state index is -0.557. The lowest BCUT2D eigenvalue weighted by Gasteiger charge is -2.16. The van der Waals surface area contributed by atoms with Crippen LogP contribution in [0.25, 0.3) is 0 Å². The van der Waals surface area contributed by atoms with E-state index in [0.717, 1.165) is 47.3 Å². The smallest absolute Gasteiger partial charge is 0.172 e. The Morgan fingerprint density at radius 2 is 2.00 bits per heavy atom. The molecule has 0 unspecified atom stereocenters. The van der Waals surface area contributed by atoms with Crippen molar-refractivity contribution in [1.82, 2.24) is 20.4 Å². The number of Topliss-reactive ketones (excluding diaryl/α,β-unsaturated/α-hetero) is 1. The zero-order chi connectivity index (χ0) is 20.8. The first-order valence-corrected chi connectivity index (χ1v) is 11.1. The molecule has 0 bridgehead atoms. The number of ether oxygens (including phenoxy) is 1. The number of rotatable bonds is 9. The number of anilines is 1. The lowest BCUT2D eigenvalue weighted by atomic mass is 10.0. The second kappa shape index (κ2) is 9.86. The van der Waals surface area contributed by atoms with Gasteiger partial charge in [0.15, 0.2) is 11.6 Å². The summed E-state index contributed by atoms with van der Waals surface area (Å²) in [6.45, 7) is 4.29. The van der Waals surface area contributed by atoms with Gasteiger partial charge in [0.05, 0.1) is 6.42 Å². The van der Waals surface area contributed by atoms with Crippen molar-refractivity contribution >= 4 is 22.9 Å². The summed E-state index contributed by atoms with van der Waals surface area (Å²) >= 11 is 1.53. The Balaban J connectivity index is 1.34. The van der Waals surface area contributed by atoms with Crippen molar-refractivity contribution in [2.45, 2.75) is 32.3 Å². The fourth-order valence-corrected chi connectivity index (χ4v) is 4.74. The molecule has 1 aliphatic heterocycles. The molecule has 0 aliphatic carbocycles. The molecule has 4 rings (SSSR count). The molecule has 1 aromatic carbocycles. The van der Waals surface area contributed by atoms with Gasteiger partial charge in [-0.25, -0.2) is 0 Å². The van der Waals surface area contributed by atoms with Gasteiger partial charge in [0, 0.05) is 32.3 Å². The Hall–Kier alpha value is -2.71. The van der Waals surface area contributed by atoms with Crippen LogP contribution in [0, 0.1) is 5.92 Å². The number of carbonyl (C=O) groups is 1. The average molecular weight is 424 g/mol. The van der Waals surface area contributed by atoms with Crippen molar-refractivity contribution in [3.8, 4) is 0 Å². The van der Waals surface area contributed by atoms with Gasteiger partial charge < -0.3 is 9.64 Å². The van der Waals surface area contributed by atoms with Crippen LogP contribution in [0.3, 0.4) is 0 Å². The zero-order valence-corrected chi connectivity index (χ0v) is 17.8. The summed E-state index contributed by atoms with van der Waals surface area (Å²) in [6, 6.07) is 13.5. The van der Waals surface area contributed by atoms with Crippen LogP contribution >= 0.6 is 11.3 Å². The van der Waals surface area contributed by atoms with Gasteiger partial charge in [-0.05, 0) is 37.0 Å². The van der Waals surface area contributed by atoms with Crippen LogP contribution in [0.4, 0.5) is 5.82 Å². The summed E-state index contributed by atoms with van der Waals surface area (Å²) in [4.78, 5) is 15.1. The van der Waals surface area contributed by atoms with Crippen molar-refractivity contribution in [2.75, 3.05) is 24.6 Å². The Morgan fingerprint density at radius 3 is 2.77 bits per heavy atom. The third-order valence-corrected chi connectivity index (χ3v) is 6.14. The van der Waals surface area contributed by atoms with Crippen molar-refractivity contribution < 1.29 is 9.53 Å². The van der Waals surface area contributed by atoms with Gasteiger partial charge in [-0.15, -0.1) is 26.6 Å². The maximum Gasteiger partial charge on any atom is 0.172 e. The summed E-state index contributed by atoms with van der Waals surface area (Å²) in [5, 5.41) is 18.5.